The van der Waals surface area contributed by atoms with Gasteiger partial charge in [-0.2, -0.15) is 11.8 Å². The van der Waals surface area contributed by atoms with Gasteiger partial charge in [0.1, 0.15) is 0 Å². The molecule has 8 heteroatoms. The van der Waals surface area contributed by atoms with Crippen molar-refractivity contribution in [2.45, 2.75) is 30.7 Å². The smallest absolute Gasteiger partial charge is 0.260 e. The van der Waals surface area contributed by atoms with E-state index in [-0.39, 0.29) is 5.03 Å². The average molecular weight is 318 g/mol. The van der Waals surface area contributed by atoms with Crippen LogP contribution >= 0.6 is 11.8 Å². The molecule has 0 aliphatic heterocycles. The van der Waals surface area contributed by atoms with Crippen LogP contribution in [-0.2, 0) is 10.0 Å². The summed E-state index contributed by atoms with van der Waals surface area (Å²) in [6, 6.07) is 3.20. The van der Waals surface area contributed by atoms with Crippen molar-refractivity contribution in [3.05, 3.63) is 18.3 Å². The van der Waals surface area contributed by atoms with Gasteiger partial charge in [0.15, 0.2) is 5.03 Å². The highest BCUT2D eigenvalue weighted by atomic mass is 32.2. The summed E-state index contributed by atoms with van der Waals surface area (Å²) in [5.74, 6) is 6.44. The number of nitrogens with zero attached hydrogens (tertiary/aromatic N) is 1. The number of hydrazine groups is 1. The second-order valence-electron chi connectivity index (χ2n) is 4.31. The summed E-state index contributed by atoms with van der Waals surface area (Å²) in [4.78, 5) is 3.86. The van der Waals surface area contributed by atoms with Crippen molar-refractivity contribution in [2.75, 3.05) is 24.0 Å². The number of unbranched alkanes of at least 4 members (excludes halogenated alkanes) is 3. The lowest BCUT2D eigenvalue weighted by Crippen LogP contribution is -2.27. The van der Waals surface area contributed by atoms with E-state index < -0.39 is 10.0 Å². The van der Waals surface area contributed by atoms with Crippen molar-refractivity contribution in [1.82, 2.24) is 9.71 Å². The number of rotatable bonds is 10. The maximum absolute atomic E-state index is 12.1. The van der Waals surface area contributed by atoms with Gasteiger partial charge in [0.25, 0.3) is 10.0 Å². The van der Waals surface area contributed by atoms with Gasteiger partial charge in [0.2, 0.25) is 0 Å². The minimum atomic E-state index is -3.61. The highest BCUT2D eigenvalue weighted by Crippen LogP contribution is 2.16. The van der Waals surface area contributed by atoms with Crippen LogP contribution in [0.15, 0.2) is 23.4 Å². The fourth-order valence-corrected chi connectivity index (χ4v) is 3.37. The van der Waals surface area contributed by atoms with E-state index in [4.69, 9.17) is 5.84 Å². The average Bonchev–Trinajstić information content (AvgIpc) is 2.46. The Balaban J connectivity index is 2.42. The van der Waals surface area contributed by atoms with Crippen molar-refractivity contribution in [1.29, 1.82) is 0 Å². The third kappa shape index (κ3) is 5.66. The molecule has 0 bridgehead atoms. The zero-order chi connectivity index (χ0) is 14.8. The summed E-state index contributed by atoms with van der Waals surface area (Å²) >= 11 is 1.83. The molecule has 0 radical (unpaired) electrons. The highest BCUT2D eigenvalue weighted by molar-refractivity contribution is 7.98. The van der Waals surface area contributed by atoms with Crippen LogP contribution < -0.4 is 16.0 Å². The fourth-order valence-electron chi connectivity index (χ4n) is 1.71. The van der Waals surface area contributed by atoms with Crippen molar-refractivity contribution in [2.24, 2.45) is 5.84 Å². The second kappa shape index (κ2) is 9.17. The standard InChI is InChI=1S/C12H22N4O2S2/c1-19-10-5-3-2-4-9-15-20(17,18)12-11(16-13)7-6-8-14-12/h6-8,15-16H,2-5,9-10,13H2,1H3. The van der Waals surface area contributed by atoms with Gasteiger partial charge in [-0.3, -0.25) is 5.84 Å². The summed E-state index contributed by atoms with van der Waals surface area (Å²) in [5.41, 5.74) is 2.63. The fraction of sp³-hybridized carbons (Fsp3) is 0.583. The van der Waals surface area contributed by atoms with Crippen LogP contribution in [0.3, 0.4) is 0 Å². The highest BCUT2D eigenvalue weighted by Gasteiger charge is 2.18. The first-order chi connectivity index (χ1) is 9.61. The molecule has 0 saturated carbocycles. The molecule has 114 valence electrons. The first-order valence-corrected chi connectivity index (χ1v) is 9.39. The van der Waals surface area contributed by atoms with Gasteiger partial charge in [-0.05, 0) is 37.0 Å². The van der Waals surface area contributed by atoms with Crippen molar-refractivity contribution >= 4 is 27.5 Å². The Hall–Kier alpha value is -0.830. The third-order valence-corrected chi connectivity index (χ3v) is 4.86. The Morgan fingerprint density at radius 1 is 1.30 bits per heavy atom. The van der Waals surface area contributed by atoms with E-state index in [0.29, 0.717) is 12.2 Å². The molecule has 0 fully saturated rings. The Labute approximate surface area is 124 Å². The van der Waals surface area contributed by atoms with Gasteiger partial charge in [-0.1, -0.05) is 12.8 Å². The Morgan fingerprint density at radius 3 is 2.75 bits per heavy atom. The first-order valence-electron chi connectivity index (χ1n) is 6.52. The first kappa shape index (κ1) is 17.2. The maximum Gasteiger partial charge on any atom is 0.260 e. The normalized spacial score (nSPS) is 11.5. The zero-order valence-electron chi connectivity index (χ0n) is 11.6. The number of pyridine rings is 1. The molecule has 1 heterocycles. The monoisotopic (exact) mass is 318 g/mol. The van der Waals surface area contributed by atoms with E-state index in [9.17, 15) is 8.42 Å². The molecule has 1 aromatic heterocycles. The summed E-state index contributed by atoms with van der Waals surface area (Å²) in [5, 5.41) is -0.0649. The third-order valence-electron chi connectivity index (χ3n) is 2.75. The number of nitrogens with one attached hydrogen (secondary N) is 2. The predicted molar refractivity (Wildman–Crippen MR) is 84.1 cm³/mol. The molecule has 0 spiro atoms. The van der Waals surface area contributed by atoms with Gasteiger partial charge < -0.3 is 5.43 Å². The number of nitrogens with two attached hydrogens (primary N) is 1. The van der Waals surface area contributed by atoms with E-state index in [2.05, 4.69) is 21.4 Å². The van der Waals surface area contributed by atoms with E-state index in [1.54, 1.807) is 12.1 Å². The van der Waals surface area contributed by atoms with Crippen molar-refractivity contribution in [3.63, 3.8) is 0 Å². The minimum Gasteiger partial charge on any atom is -0.321 e. The Bertz CT molecular complexity index is 494. The molecular formula is C12H22N4O2S2. The topological polar surface area (TPSA) is 97.1 Å². The Morgan fingerprint density at radius 2 is 2.05 bits per heavy atom. The number of anilines is 1. The van der Waals surface area contributed by atoms with Gasteiger partial charge in [0, 0.05) is 12.7 Å². The summed E-state index contributed by atoms with van der Waals surface area (Å²) in [6.07, 6.45) is 7.66. The molecular weight excluding hydrogens is 296 g/mol. The number of thioether (sulfide) groups is 1. The molecule has 4 N–H and O–H groups in total. The van der Waals surface area contributed by atoms with Gasteiger partial charge >= 0.3 is 0 Å². The Kier molecular flexibility index (Phi) is 7.90. The van der Waals surface area contributed by atoms with Crippen LogP contribution in [0.1, 0.15) is 25.7 Å². The molecule has 0 amide bonds. The molecule has 0 aliphatic carbocycles. The molecule has 0 aromatic carbocycles. The van der Waals surface area contributed by atoms with Crippen molar-refractivity contribution < 1.29 is 8.42 Å². The van der Waals surface area contributed by atoms with E-state index in [1.165, 1.54) is 12.6 Å². The number of nitrogen functional groups attached to an aromatic ring is 1. The summed E-state index contributed by atoms with van der Waals surface area (Å²) in [7, 11) is -3.61. The van der Waals surface area contributed by atoms with E-state index in [1.807, 2.05) is 11.8 Å². The van der Waals surface area contributed by atoms with Gasteiger partial charge in [0.05, 0.1) is 5.69 Å². The lowest BCUT2D eigenvalue weighted by atomic mass is 10.2. The second-order valence-corrected chi connectivity index (χ2v) is 6.97. The van der Waals surface area contributed by atoms with Gasteiger partial charge in [-0.25, -0.2) is 18.1 Å². The zero-order valence-corrected chi connectivity index (χ0v) is 13.3. The van der Waals surface area contributed by atoms with Crippen LogP contribution in [0.5, 0.6) is 0 Å². The lowest BCUT2D eigenvalue weighted by molar-refractivity contribution is 0.570. The van der Waals surface area contributed by atoms with Crippen LogP contribution in [0.2, 0.25) is 0 Å². The molecule has 0 atom stereocenters. The van der Waals surface area contributed by atoms with Crippen molar-refractivity contribution in [3.8, 4) is 0 Å². The summed E-state index contributed by atoms with van der Waals surface area (Å²) in [6.45, 7) is 0.419. The van der Waals surface area contributed by atoms with Crippen LogP contribution in [0.4, 0.5) is 5.69 Å². The molecule has 20 heavy (non-hydrogen) atoms. The molecule has 6 nitrogen and oxygen atoms in total. The molecule has 0 saturated heterocycles. The molecule has 1 aromatic rings. The van der Waals surface area contributed by atoms with Crippen LogP contribution in [0.25, 0.3) is 0 Å². The SMILES string of the molecule is CSCCCCCCNS(=O)(=O)c1ncccc1NN. The maximum atomic E-state index is 12.1. The van der Waals surface area contributed by atoms with Crippen LogP contribution in [-0.4, -0.2) is 32.0 Å². The number of hydrogen-bond acceptors (Lipinski definition) is 6. The molecule has 0 unspecified atom stereocenters. The minimum absolute atomic E-state index is 0.0649. The van der Waals surface area contributed by atoms with Gasteiger partial charge in [-0.15, -0.1) is 0 Å². The largest absolute Gasteiger partial charge is 0.321 e. The quantitative estimate of drug-likeness (QED) is 0.344. The van der Waals surface area contributed by atoms with Crippen LogP contribution in [0, 0.1) is 0 Å². The molecule has 0 aliphatic rings. The van der Waals surface area contributed by atoms with E-state index in [0.717, 1.165) is 25.0 Å². The molecule has 1 rings (SSSR count). The van der Waals surface area contributed by atoms with E-state index >= 15 is 0 Å². The summed E-state index contributed by atoms with van der Waals surface area (Å²) < 4.78 is 26.7. The predicted octanol–water partition coefficient (Wildman–Crippen LogP) is 1.57. The number of aromatic nitrogens is 1. The number of hydrogen-bond donors (Lipinski definition) is 3. The number of sulfonamides is 1. The lowest BCUT2D eigenvalue weighted by Gasteiger charge is -2.09.